The van der Waals surface area contributed by atoms with Gasteiger partial charge in [0, 0.05) is 11.8 Å². The summed E-state index contributed by atoms with van der Waals surface area (Å²) in [6.45, 7) is 0.650. The number of hydrogen-bond acceptors (Lipinski definition) is 5. The van der Waals surface area contributed by atoms with Gasteiger partial charge in [0.2, 0.25) is 4.96 Å². The Morgan fingerprint density at radius 3 is 2.38 bits per heavy atom. The van der Waals surface area contributed by atoms with Gasteiger partial charge in [-0.25, -0.2) is 0 Å². The van der Waals surface area contributed by atoms with Crippen LogP contribution in [0.2, 0.25) is 0 Å². The molecule has 6 rings (SSSR count). The van der Waals surface area contributed by atoms with Gasteiger partial charge in [-0.2, -0.15) is 9.61 Å². The summed E-state index contributed by atoms with van der Waals surface area (Å²) < 4.78 is 2.04. The molecule has 0 radical (unpaired) electrons. The van der Waals surface area contributed by atoms with E-state index in [9.17, 15) is 0 Å². The molecule has 6 heteroatoms. The molecule has 2 heterocycles. The van der Waals surface area contributed by atoms with E-state index >= 15 is 0 Å². The summed E-state index contributed by atoms with van der Waals surface area (Å²) in [7, 11) is 0. The van der Waals surface area contributed by atoms with Crippen LogP contribution in [0.3, 0.4) is 0 Å². The van der Waals surface area contributed by atoms with E-state index in [2.05, 4.69) is 10.2 Å². The molecule has 4 fully saturated rings. The molecule has 4 bridgehead atoms. The zero-order chi connectivity index (χ0) is 14.0. The lowest BCUT2D eigenvalue weighted by Gasteiger charge is -2.55. The molecule has 4 aliphatic rings. The third-order valence-electron chi connectivity index (χ3n) is 5.90. The molecule has 112 valence electrons. The largest absolute Gasteiger partial charge is 0.330 e. The lowest BCUT2D eigenvalue weighted by molar-refractivity contribution is -0.0103. The molecule has 2 aromatic rings. The fourth-order valence-corrected chi connectivity index (χ4v) is 6.44. The molecular weight excluding hydrogens is 282 g/mol. The average molecular weight is 303 g/mol. The van der Waals surface area contributed by atoms with E-state index in [0.29, 0.717) is 6.54 Å². The Bertz CT molecular complexity index is 652. The minimum atomic E-state index is 0.266. The number of fused-ring (bicyclic) bond motifs is 1. The highest BCUT2D eigenvalue weighted by atomic mass is 32.1. The number of nitrogens with two attached hydrogens (primary N) is 1. The predicted octanol–water partition coefficient (Wildman–Crippen LogP) is 2.15. The summed E-state index contributed by atoms with van der Waals surface area (Å²) in [6, 6.07) is 0. The van der Waals surface area contributed by atoms with E-state index in [1.165, 1.54) is 38.5 Å². The van der Waals surface area contributed by atoms with Crippen molar-refractivity contribution in [1.82, 2.24) is 19.8 Å². The second kappa shape index (κ2) is 4.26. The van der Waals surface area contributed by atoms with Crippen LogP contribution in [-0.4, -0.2) is 26.4 Å². The van der Waals surface area contributed by atoms with Crippen LogP contribution in [0.25, 0.3) is 4.96 Å². The highest BCUT2D eigenvalue weighted by Gasteiger charge is 2.54. The smallest absolute Gasteiger partial charge is 0.234 e. The molecule has 4 saturated carbocycles. The average Bonchev–Trinajstić information content (AvgIpc) is 2.96. The number of nitrogens with zero attached hydrogens (tertiary/aromatic N) is 4. The van der Waals surface area contributed by atoms with Gasteiger partial charge in [-0.15, -0.1) is 10.2 Å². The maximum atomic E-state index is 5.66. The van der Waals surface area contributed by atoms with Crippen LogP contribution < -0.4 is 5.73 Å². The van der Waals surface area contributed by atoms with Gasteiger partial charge in [0.1, 0.15) is 5.01 Å². The van der Waals surface area contributed by atoms with Crippen LogP contribution in [0.1, 0.15) is 49.4 Å². The Kier molecular flexibility index (Phi) is 2.54. The Morgan fingerprint density at radius 1 is 1.10 bits per heavy atom. The molecule has 2 N–H and O–H groups in total. The van der Waals surface area contributed by atoms with Crippen molar-refractivity contribution in [2.45, 2.75) is 50.4 Å². The third-order valence-corrected chi connectivity index (χ3v) is 6.86. The topological polar surface area (TPSA) is 69.1 Å². The van der Waals surface area contributed by atoms with Gasteiger partial charge in [0.15, 0.2) is 5.82 Å². The van der Waals surface area contributed by atoms with E-state index in [1.807, 2.05) is 4.52 Å². The molecule has 0 unspecified atom stereocenters. The number of aromatic nitrogens is 4. The van der Waals surface area contributed by atoms with Crippen molar-refractivity contribution in [2.24, 2.45) is 23.5 Å². The van der Waals surface area contributed by atoms with Crippen LogP contribution in [0.5, 0.6) is 0 Å². The van der Waals surface area contributed by atoms with Crippen molar-refractivity contribution in [3.05, 3.63) is 10.8 Å². The van der Waals surface area contributed by atoms with E-state index in [-0.39, 0.29) is 5.41 Å². The van der Waals surface area contributed by atoms with Crippen LogP contribution in [-0.2, 0) is 11.8 Å². The molecule has 0 saturated heterocycles. The fourth-order valence-electron chi connectivity index (χ4n) is 5.60. The summed E-state index contributed by atoms with van der Waals surface area (Å²) in [5.74, 6) is 3.92. The number of rotatable bonds is 3. The maximum absolute atomic E-state index is 5.66. The van der Waals surface area contributed by atoms with Gasteiger partial charge in [-0.1, -0.05) is 11.3 Å². The van der Waals surface area contributed by atoms with Crippen molar-refractivity contribution >= 4 is 16.3 Å². The van der Waals surface area contributed by atoms with Crippen molar-refractivity contribution in [3.63, 3.8) is 0 Å². The molecule has 0 atom stereocenters. The van der Waals surface area contributed by atoms with Gasteiger partial charge >= 0.3 is 0 Å². The number of hydrogen-bond donors (Lipinski definition) is 1. The first-order valence-corrected chi connectivity index (χ1v) is 8.99. The van der Waals surface area contributed by atoms with Gasteiger partial charge in [0.05, 0.1) is 0 Å². The lowest BCUT2D eigenvalue weighted by atomic mass is 9.49. The zero-order valence-electron chi connectivity index (χ0n) is 12.2. The first-order chi connectivity index (χ1) is 10.3. The normalized spacial score (nSPS) is 37.7. The van der Waals surface area contributed by atoms with E-state index < -0.39 is 0 Å². The first kappa shape index (κ1) is 12.5. The molecule has 0 aromatic carbocycles. The molecule has 0 spiro atoms. The van der Waals surface area contributed by atoms with Crippen molar-refractivity contribution in [2.75, 3.05) is 6.54 Å². The van der Waals surface area contributed by atoms with Gasteiger partial charge in [-0.05, 0) is 62.8 Å². The molecular formula is C15H21N5S. The van der Waals surface area contributed by atoms with Crippen molar-refractivity contribution < 1.29 is 0 Å². The van der Waals surface area contributed by atoms with Crippen molar-refractivity contribution in [3.8, 4) is 0 Å². The van der Waals surface area contributed by atoms with E-state index in [4.69, 9.17) is 10.8 Å². The van der Waals surface area contributed by atoms with Crippen molar-refractivity contribution in [1.29, 1.82) is 0 Å². The minimum Gasteiger partial charge on any atom is -0.330 e. The van der Waals surface area contributed by atoms with Crippen LogP contribution in [0, 0.1) is 17.8 Å². The molecule has 2 aromatic heterocycles. The van der Waals surface area contributed by atoms with Crippen LogP contribution >= 0.6 is 11.3 Å². The summed E-state index contributed by atoms with van der Waals surface area (Å²) in [5.41, 5.74) is 5.92. The van der Waals surface area contributed by atoms with E-state index in [0.717, 1.165) is 40.0 Å². The summed E-state index contributed by atoms with van der Waals surface area (Å²) >= 11 is 1.64. The van der Waals surface area contributed by atoms with E-state index in [1.54, 1.807) is 11.3 Å². The van der Waals surface area contributed by atoms with Gasteiger partial charge in [-0.3, -0.25) is 0 Å². The second-order valence-corrected chi connectivity index (χ2v) is 8.49. The van der Waals surface area contributed by atoms with Crippen LogP contribution in [0.4, 0.5) is 0 Å². The Morgan fingerprint density at radius 2 is 1.76 bits per heavy atom. The highest BCUT2D eigenvalue weighted by molar-refractivity contribution is 7.16. The zero-order valence-corrected chi connectivity index (χ0v) is 13.0. The van der Waals surface area contributed by atoms with Crippen LogP contribution in [0.15, 0.2) is 0 Å². The SMILES string of the molecule is NCCc1nn2c(C34CC5CC(CC(C5)C3)C4)nnc2s1. The highest BCUT2D eigenvalue weighted by Crippen LogP contribution is 2.60. The predicted molar refractivity (Wildman–Crippen MR) is 81.3 cm³/mol. The summed E-state index contributed by atoms with van der Waals surface area (Å²) in [4.78, 5) is 0.948. The van der Waals surface area contributed by atoms with Gasteiger partial charge in [0.25, 0.3) is 0 Å². The first-order valence-electron chi connectivity index (χ1n) is 8.17. The molecule has 0 amide bonds. The second-order valence-electron chi connectivity index (χ2n) is 7.45. The standard InChI is InChI=1S/C15H21N5S/c16-2-1-12-19-20-13(17-18-14(20)21-12)15-6-9-3-10(7-15)5-11(4-9)8-15/h9-11H,1-8,16H2. The summed E-state index contributed by atoms with van der Waals surface area (Å²) in [5, 5.41) is 14.8. The molecule has 21 heavy (non-hydrogen) atoms. The quantitative estimate of drug-likeness (QED) is 0.943. The fraction of sp³-hybridized carbons (Fsp3) is 0.800. The third kappa shape index (κ3) is 1.75. The monoisotopic (exact) mass is 303 g/mol. The molecule has 0 aliphatic heterocycles. The Hall–Kier alpha value is -1.01. The Labute approximate surface area is 127 Å². The molecule has 4 aliphatic carbocycles. The lowest BCUT2D eigenvalue weighted by Crippen LogP contribution is -2.49. The molecule has 5 nitrogen and oxygen atoms in total. The van der Waals surface area contributed by atoms with Gasteiger partial charge < -0.3 is 5.73 Å². The Balaban J connectivity index is 1.60. The minimum absolute atomic E-state index is 0.266. The summed E-state index contributed by atoms with van der Waals surface area (Å²) in [6.07, 6.45) is 9.13. The maximum Gasteiger partial charge on any atom is 0.234 e.